The minimum atomic E-state index is -0.812. The topological polar surface area (TPSA) is 105 Å². The number of rotatable bonds is 3. The summed E-state index contributed by atoms with van der Waals surface area (Å²) in [6.07, 6.45) is 0. The molecule has 126 valence electrons. The van der Waals surface area contributed by atoms with E-state index in [0.29, 0.717) is 10.8 Å². The van der Waals surface area contributed by atoms with E-state index in [1.54, 1.807) is 24.3 Å². The van der Waals surface area contributed by atoms with Crippen LogP contribution in [0.2, 0.25) is 0 Å². The third-order valence-corrected chi connectivity index (χ3v) is 3.88. The van der Waals surface area contributed by atoms with Crippen molar-refractivity contribution >= 4 is 28.3 Å². The van der Waals surface area contributed by atoms with Crippen molar-refractivity contribution in [2.75, 3.05) is 5.32 Å². The lowest BCUT2D eigenvalue weighted by Gasteiger charge is -2.11. The highest BCUT2D eigenvalue weighted by atomic mass is 19.1. The summed E-state index contributed by atoms with van der Waals surface area (Å²) in [7, 11) is 0. The first-order valence-electron chi connectivity index (χ1n) is 7.40. The molecular weight excluding hydrogens is 325 g/mol. The van der Waals surface area contributed by atoms with Gasteiger partial charge in [-0.2, -0.15) is 0 Å². The fraction of sp³-hybridized carbons (Fsp3) is 0.0556. The highest BCUT2D eigenvalue weighted by Gasteiger charge is 2.15. The van der Waals surface area contributed by atoms with Gasteiger partial charge in [0.1, 0.15) is 11.5 Å². The van der Waals surface area contributed by atoms with Crippen LogP contribution < -0.4 is 16.6 Å². The zero-order valence-corrected chi connectivity index (χ0v) is 13.2. The summed E-state index contributed by atoms with van der Waals surface area (Å²) >= 11 is 0. The molecule has 25 heavy (non-hydrogen) atoms. The maximum atomic E-state index is 13.9. The minimum absolute atomic E-state index is 0.0213. The van der Waals surface area contributed by atoms with Crippen LogP contribution in [0.1, 0.15) is 26.4 Å². The number of benzene rings is 2. The molecule has 2 aromatic carbocycles. The molecule has 1 heterocycles. The van der Waals surface area contributed by atoms with Gasteiger partial charge in [0.25, 0.3) is 11.5 Å². The molecule has 0 aliphatic carbocycles. The average molecular weight is 339 g/mol. The molecule has 0 radical (unpaired) electrons. The van der Waals surface area contributed by atoms with Gasteiger partial charge < -0.3 is 16.0 Å². The van der Waals surface area contributed by atoms with Gasteiger partial charge in [0.05, 0.1) is 0 Å². The van der Waals surface area contributed by atoms with Gasteiger partial charge in [0, 0.05) is 22.2 Å². The quantitative estimate of drug-likeness (QED) is 0.682. The van der Waals surface area contributed by atoms with Crippen LogP contribution in [0.3, 0.4) is 0 Å². The Balaban J connectivity index is 2.01. The number of aromatic amines is 1. The second-order valence-corrected chi connectivity index (χ2v) is 5.55. The van der Waals surface area contributed by atoms with Gasteiger partial charge in [0.15, 0.2) is 0 Å². The molecule has 1 aromatic heterocycles. The molecule has 0 saturated carbocycles. The summed E-state index contributed by atoms with van der Waals surface area (Å²) in [5, 5.41) is 3.56. The number of primary amides is 1. The van der Waals surface area contributed by atoms with Crippen molar-refractivity contribution < 1.29 is 14.0 Å². The number of carbonyl (C=O) groups excluding carboxylic acids is 2. The van der Waals surface area contributed by atoms with Crippen LogP contribution in [0.15, 0.2) is 47.3 Å². The number of carbonyl (C=O) groups is 2. The highest BCUT2D eigenvalue weighted by Crippen LogP contribution is 2.21. The molecule has 0 spiro atoms. The van der Waals surface area contributed by atoms with Crippen LogP contribution in [-0.4, -0.2) is 16.8 Å². The van der Waals surface area contributed by atoms with Crippen LogP contribution in [0.5, 0.6) is 0 Å². The number of halogens is 1. The number of amides is 2. The van der Waals surface area contributed by atoms with E-state index in [1.165, 1.54) is 19.1 Å². The summed E-state index contributed by atoms with van der Waals surface area (Å²) in [6, 6.07) is 10.6. The predicted molar refractivity (Wildman–Crippen MR) is 92.2 cm³/mol. The van der Waals surface area contributed by atoms with Crippen molar-refractivity contribution in [1.82, 2.24) is 4.98 Å². The number of anilines is 1. The zero-order valence-electron chi connectivity index (χ0n) is 13.2. The Hall–Kier alpha value is -3.48. The Morgan fingerprint density at radius 2 is 1.88 bits per heavy atom. The first-order valence-corrected chi connectivity index (χ1v) is 7.40. The van der Waals surface area contributed by atoms with Gasteiger partial charge in [-0.25, -0.2) is 4.39 Å². The number of aromatic nitrogens is 1. The number of nitrogens with two attached hydrogens (primary N) is 1. The Morgan fingerprint density at radius 3 is 2.60 bits per heavy atom. The third kappa shape index (κ3) is 3.12. The van der Waals surface area contributed by atoms with E-state index in [2.05, 4.69) is 10.3 Å². The predicted octanol–water partition coefficient (Wildman–Crippen LogP) is 2.33. The second-order valence-electron chi connectivity index (χ2n) is 5.55. The zero-order chi connectivity index (χ0) is 18.1. The lowest BCUT2D eigenvalue weighted by molar-refractivity contribution is 0.0995. The van der Waals surface area contributed by atoms with Crippen LogP contribution >= 0.6 is 0 Å². The van der Waals surface area contributed by atoms with Gasteiger partial charge >= 0.3 is 0 Å². The molecular formula is C18H14FN3O3. The van der Waals surface area contributed by atoms with E-state index in [9.17, 15) is 18.8 Å². The summed E-state index contributed by atoms with van der Waals surface area (Å²) < 4.78 is 13.9. The van der Waals surface area contributed by atoms with Crippen LogP contribution in [-0.2, 0) is 0 Å². The molecule has 4 N–H and O–H groups in total. The summed E-state index contributed by atoms with van der Waals surface area (Å²) in [5.41, 5.74) is 4.97. The molecule has 0 aliphatic heterocycles. The van der Waals surface area contributed by atoms with E-state index in [4.69, 9.17) is 5.73 Å². The van der Waals surface area contributed by atoms with Crippen molar-refractivity contribution in [3.05, 3.63) is 75.5 Å². The molecule has 6 nitrogen and oxygen atoms in total. The van der Waals surface area contributed by atoms with Crippen molar-refractivity contribution in [2.24, 2.45) is 5.73 Å². The molecule has 0 atom stereocenters. The maximum absolute atomic E-state index is 13.9. The smallest absolute Gasteiger partial charge is 0.272 e. The van der Waals surface area contributed by atoms with E-state index in [0.717, 1.165) is 6.07 Å². The Morgan fingerprint density at radius 1 is 1.16 bits per heavy atom. The van der Waals surface area contributed by atoms with Crippen molar-refractivity contribution in [3.63, 3.8) is 0 Å². The molecule has 2 amide bonds. The standard InChI is InChI=1S/C18H14FN3O3/c1-9-13(19)6-11(16(20)23)8-14(9)21-18(25)15-7-10-4-2-3-5-12(10)17(24)22-15/h2-8H,1H3,(H2,20,23)(H,21,25)(H,22,24). The fourth-order valence-electron chi connectivity index (χ4n) is 2.47. The van der Waals surface area contributed by atoms with E-state index in [1.807, 2.05) is 0 Å². The molecule has 0 unspecified atom stereocenters. The van der Waals surface area contributed by atoms with Gasteiger partial charge in [-0.3, -0.25) is 14.4 Å². The number of pyridine rings is 1. The van der Waals surface area contributed by atoms with Crippen LogP contribution in [0.4, 0.5) is 10.1 Å². The molecule has 0 saturated heterocycles. The summed E-state index contributed by atoms with van der Waals surface area (Å²) in [6.45, 7) is 1.46. The molecule has 3 rings (SSSR count). The van der Waals surface area contributed by atoms with Crippen molar-refractivity contribution in [1.29, 1.82) is 0 Å². The molecule has 3 aromatic rings. The van der Waals surface area contributed by atoms with Gasteiger partial charge in [-0.1, -0.05) is 18.2 Å². The Bertz CT molecular complexity index is 1070. The summed E-state index contributed by atoms with van der Waals surface area (Å²) in [4.78, 5) is 38.2. The van der Waals surface area contributed by atoms with E-state index in [-0.39, 0.29) is 22.5 Å². The van der Waals surface area contributed by atoms with E-state index < -0.39 is 23.2 Å². The fourth-order valence-corrected chi connectivity index (χ4v) is 2.47. The average Bonchev–Trinajstić information content (AvgIpc) is 2.58. The van der Waals surface area contributed by atoms with Crippen molar-refractivity contribution in [2.45, 2.75) is 6.92 Å². The van der Waals surface area contributed by atoms with Gasteiger partial charge in [-0.15, -0.1) is 0 Å². The minimum Gasteiger partial charge on any atom is -0.366 e. The highest BCUT2D eigenvalue weighted by molar-refractivity contribution is 6.06. The number of fused-ring (bicyclic) bond motifs is 1. The molecule has 0 aliphatic rings. The van der Waals surface area contributed by atoms with Crippen LogP contribution in [0.25, 0.3) is 10.8 Å². The normalized spacial score (nSPS) is 10.6. The largest absolute Gasteiger partial charge is 0.366 e. The number of hydrogen-bond acceptors (Lipinski definition) is 3. The number of nitrogens with one attached hydrogen (secondary N) is 2. The first-order chi connectivity index (χ1) is 11.9. The lowest BCUT2D eigenvalue weighted by atomic mass is 10.1. The third-order valence-electron chi connectivity index (χ3n) is 3.88. The number of H-pyrrole nitrogens is 1. The maximum Gasteiger partial charge on any atom is 0.272 e. The number of hydrogen-bond donors (Lipinski definition) is 3. The Kier molecular flexibility index (Phi) is 4.06. The first kappa shape index (κ1) is 16.4. The molecule has 7 heteroatoms. The molecule has 0 bridgehead atoms. The van der Waals surface area contributed by atoms with Gasteiger partial charge in [0.2, 0.25) is 5.91 Å². The monoisotopic (exact) mass is 339 g/mol. The lowest BCUT2D eigenvalue weighted by Crippen LogP contribution is -2.20. The van der Waals surface area contributed by atoms with Crippen molar-refractivity contribution in [3.8, 4) is 0 Å². The molecule has 0 fully saturated rings. The second kappa shape index (κ2) is 6.20. The summed E-state index contributed by atoms with van der Waals surface area (Å²) in [5.74, 6) is -2.11. The van der Waals surface area contributed by atoms with Gasteiger partial charge in [-0.05, 0) is 36.6 Å². The van der Waals surface area contributed by atoms with Crippen LogP contribution in [0, 0.1) is 12.7 Å². The Labute approximate surface area is 141 Å². The SMILES string of the molecule is Cc1c(F)cc(C(N)=O)cc1NC(=O)c1cc2ccccc2c(=O)[nH]1. The van der Waals surface area contributed by atoms with E-state index >= 15 is 0 Å².